The van der Waals surface area contributed by atoms with E-state index in [-0.39, 0.29) is 0 Å². The maximum Gasteiger partial charge on any atom is 0.144 e. The lowest BCUT2D eigenvalue weighted by Crippen LogP contribution is -2.12. The molecule has 0 bridgehead atoms. The van der Waals surface area contributed by atoms with E-state index in [1.54, 1.807) is 6.20 Å². The van der Waals surface area contributed by atoms with Crippen LogP contribution >= 0.6 is 0 Å². The van der Waals surface area contributed by atoms with Crippen molar-refractivity contribution >= 4 is 5.82 Å². The molecule has 13 heavy (non-hydrogen) atoms. The molecule has 0 aromatic carbocycles. The monoisotopic (exact) mass is 175 g/mol. The highest BCUT2D eigenvalue weighted by molar-refractivity contribution is 5.55. The molecular formula is C10H13N3. The number of nitriles is 1. The number of hydrogen-bond donors (Lipinski definition) is 1. The van der Waals surface area contributed by atoms with Crippen LogP contribution in [0.4, 0.5) is 5.82 Å². The second kappa shape index (κ2) is 3.90. The summed E-state index contributed by atoms with van der Waals surface area (Å²) in [6.07, 6.45) is 1.71. The fourth-order valence-corrected chi connectivity index (χ4v) is 1.08. The molecule has 1 heterocycles. The molecular weight excluding hydrogens is 162 g/mol. The van der Waals surface area contributed by atoms with E-state index in [4.69, 9.17) is 5.26 Å². The summed E-state index contributed by atoms with van der Waals surface area (Å²) in [6, 6.07) is 4.27. The lowest BCUT2D eigenvalue weighted by molar-refractivity contribution is 0.887. The normalized spacial score (nSPS) is 9.77. The van der Waals surface area contributed by atoms with Gasteiger partial charge in [-0.15, -0.1) is 0 Å². The minimum Gasteiger partial charge on any atom is -0.367 e. The van der Waals surface area contributed by atoms with Crippen LogP contribution in [0.25, 0.3) is 0 Å². The highest BCUT2D eigenvalue weighted by Crippen LogP contribution is 2.15. The van der Waals surface area contributed by atoms with E-state index in [1.165, 1.54) is 0 Å². The van der Waals surface area contributed by atoms with Crippen LogP contribution in [-0.2, 0) is 0 Å². The van der Waals surface area contributed by atoms with Crippen LogP contribution in [0.3, 0.4) is 0 Å². The topological polar surface area (TPSA) is 48.7 Å². The first-order valence-corrected chi connectivity index (χ1v) is 4.27. The summed E-state index contributed by atoms with van der Waals surface area (Å²) < 4.78 is 0. The largest absolute Gasteiger partial charge is 0.367 e. The maximum atomic E-state index is 8.88. The third kappa shape index (κ3) is 2.19. The zero-order chi connectivity index (χ0) is 9.84. The highest BCUT2D eigenvalue weighted by atomic mass is 15.0. The number of nitrogens with zero attached hydrogens (tertiary/aromatic N) is 2. The summed E-state index contributed by atoms with van der Waals surface area (Å²) in [5.41, 5.74) is 1.59. The van der Waals surface area contributed by atoms with Crippen molar-refractivity contribution in [1.82, 2.24) is 4.98 Å². The van der Waals surface area contributed by atoms with Gasteiger partial charge in [0.05, 0.1) is 5.56 Å². The molecule has 68 valence electrons. The summed E-state index contributed by atoms with van der Waals surface area (Å²) in [6.45, 7) is 5.95. The van der Waals surface area contributed by atoms with Crippen molar-refractivity contribution < 1.29 is 0 Å². The Labute approximate surface area is 78.4 Å². The average molecular weight is 175 g/mol. The van der Waals surface area contributed by atoms with Crippen molar-refractivity contribution in [2.24, 2.45) is 0 Å². The van der Waals surface area contributed by atoms with Gasteiger partial charge < -0.3 is 5.32 Å². The molecule has 1 rings (SSSR count). The summed E-state index contributed by atoms with van der Waals surface area (Å²) >= 11 is 0. The van der Waals surface area contributed by atoms with E-state index in [0.29, 0.717) is 17.4 Å². The molecule has 0 atom stereocenters. The Morgan fingerprint density at radius 3 is 2.77 bits per heavy atom. The number of aryl methyl sites for hydroxylation is 1. The van der Waals surface area contributed by atoms with Gasteiger partial charge in [0.25, 0.3) is 0 Å². The van der Waals surface area contributed by atoms with Gasteiger partial charge in [-0.25, -0.2) is 4.98 Å². The number of anilines is 1. The first kappa shape index (κ1) is 9.53. The van der Waals surface area contributed by atoms with E-state index in [9.17, 15) is 0 Å². The zero-order valence-corrected chi connectivity index (χ0v) is 8.13. The molecule has 3 heteroatoms. The van der Waals surface area contributed by atoms with Gasteiger partial charge in [-0.3, -0.25) is 0 Å². The molecule has 1 aromatic rings. The van der Waals surface area contributed by atoms with Crippen molar-refractivity contribution in [3.63, 3.8) is 0 Å². The lowest BCUT2D eigenvalue weighted by Gasteiger charge is -2.10. The van der Waals surface area contributed by atoms with Gasteiger partial charge in [0.2, 0.25) is 0 Å². The molecule has 0 aliphatic heterocycles. The van der Waals surface area contributed by atoms with Crippen LogP contribution in [0.5, 0.6) is 0 Å². The highest BCUT2D eigenvalue weighted by Gasteiger charge is 2.06. The summed E-state index contributed by atoms with van der Waals surface area (Å²) in [5, 5.41) is 12.0. The second-order valence-electron chi connectivity index (χ2n) is 3.26. The Hall–Kier alpha value is -1.56. The standard InChI is InChI=1S/C10H13N3/c1-7(2)13-10-9(6-11)8(3)4-5-12-10/h4-5,7H,1-3H3,(H,12,13). The Kier molecular flexibility index (Phi) is 2.86. The third-order valence-electron chi connectivity index (χ3n) is 1.70. The average Bonchev–Trinajstić information content (AvgIpc) is 2.03. The molecule has 0 amide bonds. The Balaban J connectivity index is 3.07. The van der Waals surface area contributed by atoms with Crippen molar-refractivity contribution in [1.29, 1.82) is 5.26 Å². The molecule has 0 aliphatic rings. The van der Waals surface area contributed by atoms with E-state index >= 15 is 0 Å². The zero-order valence-electron chi connectivity index (χ0n) is 8.13. The van der Waals surface area contributed by atoms with Crippen molar-refractivity contribution in [3.8, 4) is 6.07 Å². The van der Waals surface area contributed by atoms with Crippen LogP contribution in [-0.4, -0.2) is 11.0 Å². The fraction of sp³-hybridized carbons (Fsp3) is 0.400. The predicted octanol–water partition coefficient (Wildman–Crippen LogP) is 2.08. The molecule has 0 radical (unpaired) electrons. The first-order chi connectivity index (χ1) is 6.15. The molecule has 0 unspecified atom stereocenters. The molecule has 0 saturated carbocycles. The minimum atomic E-state index is 0.293. The van der Waals surface area contributed by atoms with E-state index in [0.717, 1.165) is 5.56 Å². The number of rotatable bonds is 2. The SMILES string of the molecule is Cc1ccnc(NC(C)C)c1C#N. The molecule has 0 aliphatic carbocycles. The number of nitrogens with one attached hydrogen (secondary N) is 1. The van der Waals surface area contributed by atoms with Crippen LogP contribution < -0.4 is 5.32 Å². The molecule has 1 N–H and O–H groups in total. The molecule has 0 saturated heterocycles. The predicted molar refractivity (Wildman–Crippen MR) is 52.4 cm³/mol. The van der Waals surface area contributed by atoms with Crippen molar-refractivity contribution in [3.05, 3.63) is 23.4 Å². The number of pyridine rings is 1. The third-order valence-corrected chi connectivity index (χ3v) is 1.70. The van der Waals surface area contributed by atoms with Gasteiger partial charge in [0.1, 0.15) is 11.9 Å². The van der Waals surface area contributed by atoms with E-state index in [2.05, 4.69) is 16.4 Å². The van der Waals surface area contributed by atoms with Crippen LogP contribution in [0.1, 0.15) is 25.0 Å². The fourth-order valence-electron chi connectivity index (χ4n) is 1.08. The Morgan fingerprint density at radius 1 is 1.54 bits per heavy atom. The minimum absolute atomic E-state index is 0.293. The van der Waals surface area contributed by atoms with Gasteiger partial charge in [-0.1, -0.05) is 0 Å². The van der Waals surface area contributed by atoms with Crippen molar-refractivity contribution in [2.75, 3.05) is 5.32 Å². The summed E-state index contributed by atoms with van der Waals surface area (Å²) in [7, 11) is 0. The quantitative estimate of drug-likeness (QED) is 0.748. The van der Waals surface area contributed by atoms with Crippen molar-refractivity contribution in [2.45, 2.75) is 26.8 Å². The Bertz CT molecular complexity index is 337. The molecule has 0 fully saturated rings. The Morgan fingerprint density at radius 2 is 2.23 bits per heavy atom. The van der Waals surface area contributed by atoms with Gasteiger partial charge in [-0.2, -0.15) is 5.26 Å². The lowest BCUT2D eigenvalue weighted by atomic mass is 10.1. The molecule has 3 nitrogen and oxygen atoms in total. The van der Waals surface area contributed by atoms with Crippen LogP contribution in [0.15, 0.2) is 12.3 Å². The van der Waals surface area contributed by atoms with E-state index < -0.39 is 0 Å². The van der Waals surface area contributed by atoms with E-state index in [1.807, 2.05) is 26.8 Å². The second-order valence-corrected chi connectivity index (χ2v) is 3.26. The van der Waals surface area contributed by atoms with Crippen LogP contribution in [0.2, 0.25) is 0 Å². The molecule has 0 spiro atoms. The number of aromatic nitrogens is 1. The van der Waals surface area contributed by atoms with Gasteiger partial charge in [-0.05, 0) is 32.4 Å². The maximum absolute atomic E-state index is 8.88. The summed E-state index contributed by atoms with van der Waals surface area (Å²) in [5.74, 6) is 0.678. The van der Waals surface area contributed by atoms with Gasteiger partial charge >= 0.3 is 0 Å². The first-order valence-electron chi connectivity index (χ1n) is 4.27. The van der Waals surface area contributed by atoms with Crippen LogP contribution in [0, 0.1) is 18.3 Å². The van der Waals surface area contributed by atoms with Gasteiger partial charge in [0.15, 0.2) is 0 Å². The smallest absolute Gasteiger partial charge is 0.144 e. The summed E-state index contributed by atoms with van der Waals surface area (Å²) in [4.78, 5) is 4.12. The molecule has 1 aromatic heterocycles. The number of hydrogen-bond acceptors (Lipinski definition) is 3. The van der Waals surface area contributed by atoms with Gasteiger partial charge in [0, 0.05) is 12.2 Å².